The van der Waals surface area contributed by atoms with Crippen LogP contribution in [0.25, 0.3) is 0 Å². The Hall–Kier alpha value is -2.42. The molecule has 0 aliphatic heterocycles. The van der Waals surface area contributed by atoms with Gasteiger partial charge in [0.2, 0.25) is 0 Å². The molecule has 0 aromatic heterocycles. The third-order valence-corrected chi connectivity index (χ3v) is 6.76. The zero-order valence-corrected chi connectivity index (χ0v) is 19.2. The largest absolute Gasteiger partial charge is 0.295 e. The third kappa shape index (κ3) is 6.79. The fraction of sp³-hybridized carbons (Fsp3) is 0.400. The van der Waals surface area contributed by atoms with Crippen molar-refractivity contribution < 1.29 is 0 Å². The number of nitrogens with zero attached hydrogens (tertiary/aromatic N) is 2. The lowest BCUT2D eigenvalue weighted by Gasteiger charge is -2.24. The lowest BCUT2D eigenvalue weighted by molar-refractivity contribution is 0.244. The van der Waals surface area contributed by atoms with Crippen molar-refractivity contribution in [3.63, 3.8) is 0 Å². The van der Waals surface area contributed by atoms with Crippen molar-refractivity contribution in [3.05, 3.63) is 107 Å². The van der Waals surface area contributed by atoms with E-state index in [4.69, 9.17) is 0 Å². The smallest absolute Gasteiger partial charge is 0.0237 e. The van der Waals surface area contributed by atoms with Crippen LogP contribution in [-0.4, -0.2) is 22.9 Å². The second-order valence-corrected chi connectivity index (χ2v) is 10.0. The summed E-state index contributed by atoms with van der Waals surface area (Å²) in [5, 5.41) is 0. The summed E-state index contributed by atoms with van der Waals surface area (Å²) in [5.74, 6) is 1.82. The van der Waals surface area contributed by atoms with Crippen molar-refractivity contribution in [1.29, 1.82) is 0 Å². The summed E-state index contributed by atoms with van der Waals surface area (Å²) in [6, 6.07) is 31.3. The second-order valence-electron chi connectivity index (χ2n) is 10.0. The van der Waals surface area contributed by atoms with Crippen LogP contribution < -0.4 is 0 Å². The van der Waals surface area contributed by atoms with E-state index in [0.717, 1.165) is 38.0 Å². The van der Waals surface area contributed by atoms with E-state index in [1.54, 1.807) is 0 Å². The van der Waals surface area contributed by atoms with Crippen molar-refractivity contribution in [2.75, 3.05) is 13.1 Å². The maximum Gasteiger partial charge on any atom is 0.0237 e. The zero-order valence-electron chi connectivity index (χ0n) is 19.2. The van der Waals surface area contributed by atoms with Crippen LogP contribution in [0.15, 0.2) is 84.9 Å². The molecular weight excluding hydrogens is 388 g/mol. The SMILES string of the molecule is c1ccc(CN(Cc2ccc(CN(Cc3ccccc3)CC3CC3)cc2)CC2CC2)cc1. The Bertz CT molecular complexity index is 863. The lowest BCUT2D eigenvalue weighted by atomic mass is 10.1. The van der Waals surface area contributed by atoms with Gasteiger partial charge in [0.1, 0.15) is 0 Å². The molecule has 2 heteroatoms. The highest BCUT2D eigenvalue weighted by Gasteiger charge is 2.25. The van der Waals surface area contributed by atoms with Crippen molar-refractivity contribution in [2.24, 2.45) is 11.8 Å². The summed E-state index contributed by atoms with van der Waals surface area (Å²) in [4.78, 5) is 5.27. The van der Waals surface area contributed by atoms with Gasteiger partial charge in [-0.2, -0.15) is 0 Å². The van der Waals surface area contributed by atoms with Crippen LogP contribution in [0.3, 0.4) is 0 Å². The molecule has 0 bridgehead atoms. The fourth-order valence-electron chi connectivity index (χ4n) is 4.65. The minimum absolute atomic E-state index is 0.909. The zero-order chi connectivity index (χ0) is 21.6. The molecule has 3 aromatic rings. The van der Waals surface area contributed by atoms with E-state index in [0.29, 0.717) is 0 Å². The molecule has 0 radical (unpaired) electrons. The average molecular weight is 425 g/mol. The van der Waals surface area contributed by atoms with Gasteiger partial charge >= 0.3 is 0 Å². The van der Waals surface area contributed by atoms with Crippen LogP contribution in [0.2, 0.25) is 0 Å². The highest BCUT2D eigenvalue weighted by atomic mass is 15.1. The molecule has 166 valence electrons. The third-order valence-electron chi connectivity index (χ3n) is 6.76. The standard InChI is InChI=1S/C30H36N2/c1-3-7-25(8-4-1)19-31(21-27-11-12-27)23-29-15-17-30(18-16-29)24-32(22-28-13-14-28)20-26-9-5-2-6-10-26/h1-10,15-18,27-28H,11-14,19-24H2. The molecule has 32 heavy (non-hydrogen) atoms. The van der Waals surface area contributed by atoms with Gasteiger partial charge in [-0.05, 0) is 59.8 Å². The molecule has 2 saturated carbocycles. The molecule has 2 aliphatic rings. The maximum atomic E-state index is 2.64. The summed E-state index contributed by atoms with van der Waals surface area (Å²) >= 11 is 0. The summed E-state index contributed by atoms with van der Waals surface area (Å²) in [7, 11) is 0. The summed E-state index contributed by atoms with van der Waals surface area (Å²) in [6.07, 6.45) is 5.62. The Labute approximate surface area is 193 Å². The topological polar surface area (TPSA) is 6.48 Å². The molecule has 0 spiro atoms. The monoisotopic (exact) mass is 424 g/mol. The molecule has 0 heterocycles. The lowest BCUT2D eigenvalue weighted by Crippen LogP contribution is -2.26. The second kappa shape index (κ2) is 10.5. The predicted octanol–water partition coefficient (Wildman–Crippen LogP) is 6.51. The number of benzene rings is 3. The number of hydrogen-bond acceptors (Lipinski definition) is 2. The fourth-order valence-corrected chi connectivity index (χ4v) is 4.65. The van der Waals surface area contributed by atoms with E-state index >= 15 is 0 Å². The van der Waals surface area contributed by atoms with Gasteiger partial charge in [0.15, 0.2) is 0 Å². The Morgan fingerprint density at radius 1 is 0.438 bits per heavy atom. The van der Waals surface area contributed by atoms with Crippen LogP contribution in [0, 0.1) is 11.8 Å². The van der Waals surface area contributed by atoms with Crippen molar-refractivity contribution >= 4 is 0 Å². The first-order valence-corrected chi connectivity index (χ1v) is 12.4. The molecule has 2 fully saturated rings. The minimum Gasteiger partial charge on any atom is -0.295 e. The van der Waals surface area contributed by atoms with Gasteiger partial charge in [0, 0.05) is 39.3 Å². The van der Waals surface area contributed by atoms with E-state index in [-0.39, 0.29) is 0 Å². The Morgan fingerprint density at radius 3 is 1.06 bits per heavy atom. The van der Waals surface area contributed by atoms with E-state index in [1.165, 1.54) is 61.0 Å². The Morgan fingerprint density at radius 2 is 0.750 bits per heavy atom. The Kier molecular flexibility index (Phi) is 7.01. The van der Waals surface area contributed by atoms with Gasteiger partial charge in [-0.25, -0.2) is 0 Å². The molecular formula is C30H36N2. The van der Waals surface area contributed by atoms with Gasteiger partial charge in [0.25, 0.3) is 0 Å². The highest BCUT2D eigenvalue weighted by molar-refractivity contribution is 5.23. The molecule has 2 aliphatic carbocycles. The van der Waals surface area contributed by atoms with Gasteiger partial charge in [-0.3, -0.25) is 9.80 Å². The summed E-state index contributed by atoms with van der Waals surface area (Å²) in [6.45, 7) is 6.63. The summed E-state index contributed by atoms with van der Waals surface area (Å²) in [5.41, 5.74) is 5.70. The van der Waals surface area contributed by atoms with E-state index < -0.39 is 0 Å². The molecule has 2 nitrogen and oxygen atoms in total. The predicted molar refractivity (Wildman–Crippen MR) is 133 cm³/mol. The van der Waals surface area contributed by atoms with Crippen molar-refractivity contribution in [3.8, 4) is 0 Å². The first-order valence-electron chi connectivity index (χ1n) is 12.4. The summed E-state index contributed by atoms with van der Waals surface area (Å²) < 4.78 is 0. The van der Waals surface area contributed by atoms with Crippen molar-refractivity contribution in [2.45, 2.75) is 51.9 Å². The molecule has 5 rings (SSSR count). The van der Waals surface area contributed by atoms with Gasteiger partial charge in [-0.15, -0.1) is 0 Å². The maximum absolute atomic E-state index is 2.64. The highest BCUT2D eigenvalue weighted by Crippen LogP contribution is 2.31. The molecule has 0 amide bonds. The minimum atomic E-state index is 0.909. The van der Waals surface area contributed by atoms with Crippen molar-refractivity contribution in [1.82, 2.24) is 9.80 Å². The van der Waals surface area contributed by atoms with Crippen LogP contribution >= 0.6 is 0 Å². The van der Waals surface area contributed by atoms with E-state index in [2.05, 4.69) is 94.7 Å². The van der Waals surface area contributed by atoms with Gasteiger partial charge in [0.05, 0.1) is 0 Å². The first-order chi connectivity index (χ1) is 15.8. The van der Waals surface area contributed by atoms with E-state index in [9.17, 15) is 0 Å². The molecule has 0 atom stereocenters. The molecule has 0 unspecified atom stereocenters. The molecule has 0 N–H and O–H groups in total. The Balaban J connectivity index is 1.20. The number of hydrogen-bond donors (Lipinski definition) is 0. The number of rotatable bonds is 12. The average Bonchev–Trinajstić information content (AvgIpc) is 3.74. The van der Waals surface area contributed by atoms with Crippen LogP contribution in [0.5, 0.6) is 0 Å². The van der Waals surface area contributed by atoms with Crippen LogP contribution in [0.4, 0.5) is 0 Å². The van der Waals surface area contributed by atoms with E-state index in [1.807, 2.05) is 0 Å². The first kappa shape index (κ1) is 21.4. The molecule has 0 saturated heterocycles. The van der Waals surface area contributed by atoms with Gasteiger partial charge < -0.3 is 0 Å². The van der Waals surface area contributed by atoms with Gasteiger partial charge in [-0.1, -0.05) is 84.9 Å². The quantitative estimate of drug-likeness (QED) is 0.327. The van der Waals surface area contributed by atoms with Crippen LogP contribution in [0.1, 0.15) is 47.9 Å². The normalized spacial score (nSPS) is 16.1. The van der Waals surface area contributed by atoms with Crippen LogP contribution in [-0.2, 0) is 26.2 Å². The molecule has 3 aromatic carbocycles.